The molecule has 0 radical (unpaired) electrons. The Labute approximate surface area is 195 Å². The number of nitrogens with zero attached hydrogens (tertiary/aromatic N) is 4. The van der Waals surface area contributed by atoms with Gasteiger partial charge < -0.3 is 19.5 Å². The molecule has 1 aromatic carbocycles. The maximum absolute atomic E-state index is 12.0. The summed E-state index contributed by atoms with van der Waals surface area (Å²) in [7, 11) is 3.22. The van der Waals surface area contributed by atoms with Crippen molar-refractivity contribution in [3.05, 3.63) is 54.1 Å². The SMILES string of the molecule is CN=C(NCc1nccn1CCCc1ccccc1)N1CC(C)C(C(=O)OC)C1.I. The number of rotatable bonds is 7. The van der Waals surface area contributed by atoms with Crippen LogP contribution in [0, 0.1) is 11.8 Å². The van der Waals surface area contributed by atoms with Crippen molar-refractivity contribution in [2.45, 2.75) is 32.9 Å². The number of hydrogen-bond donors (Lipinski definition) is 1. The number of imidazole rings is 1. The molecule has 0 amide bonds. The molecular weight excluding hydrogens is 493 g/mol. The Bertz CT molecular complexity index is 824. The van der Waals surface area contributed by atoms with Gasteiger partial charge in [0.25, 0.3) is 0 Å². The molecule has 2 heterocycles. The summed E-state index contributed by atoms with van der Waals surface area (Å²) in [6.45, 7) is 5.01. The number of nitrogens with one attached hydrogen (secondary N) is 1. The molecule has 0 spiro atoms. The van der Waals surface area contributed by atoms with E-state index >= 15 is 0 Å². The number of aryl methyl sites for hydroxylation is 2. The predicted molar refractivity (Wildman–Crippen MR) is 129 cm³/mol. The smallest absolute Gasteiger partial charge is 0.310 e. The van der Waals surface area contributed by atoms with Crippen LogP contribution in [-0.4, -0.2) is 53.6 Å². The van der Waals surface area contributed by atoms with Crippen molar-refractivity contribution in [2.24, 2.45) is 16.8 Å². The van der Waals surface area contributed by atoms with Crippen molar-refractivity contribution >= 4 is 35.9 Å². The lowest BCUT2D eigenvalue weighted by atomic mass is 9.99. The molecule has 2 atom stereocenters. The Morgan fingerprint density at radius 1 is 1.30 bits per heavy atom. The Morgan fingerprint density at radius 3 is 2.77 bits per heavy atom. The summed E-state index contributed by atoms with van der Waals surface area (Å²) in [4.78, 5) is 23.0. The lowest BCUT2D eigenvalue weighted by molar-refractivity contribution is -0.145. The number of aromatic nitrogens is 2. The van der Waals surface area contributed by atoms with Gasteiger partial charge in [-0.1, -0.05) is 37.3 Å². The minimum atomic E-state index is -0.149. The number of ether oxygens (including phenoxy) is 1. The van der Waals surface area contributed by atoms with Crippen LogP contribution in [0.15, 0.2) is 47.7 Å². The first-order valence-electron chi connectivity index (χ1n) is 10.2. The van der Waals surface area contributed by atoms with Crippen molar-refractivity contribution in [2.75, 3.05) is 27.2 Å². The average Bonchev–Trinajstić information content (AvgIpc) is 3.35. The quantitative estimate of drug-likeness (QED) is 0.261. The minimum Gasteiger partial charge on any atom is -0.469 e. The van der Waals surface area contributed by atoms with Crippen LogP contribution in [0.3, 0.4) is 0 Å². The highest BCUT2D eigenvalue weighted by Crippen LogP contribution is 2.24. The number of hydrogen-bond acceptors (Lipinski definition) is 4. The third-order valence-corrected chi connectivity index (χ3v) is 5.54. The van der Waals surface area contributed by atoms with E-state index in [1.165, 1.54) is 12.7 Å². The second-order valence-electron chi connectivity index (χ2n) is 7.54. The van der Waals surface area contributed by atoms with Gasteiger partial charge in [-0.3, -0.25) is 9.79 Å². The molecule has 1 aliphatic rings. The van der Waals surface area contributed by atoms with Crippen LogP contribution >= 0.6 is 24.0 Å². The van der Waals surface area contributed by atoms with Crippen molar-refractivity contribution in [1.82, 2.24) is 19.8 Å². The molecule has 2 aromatic rings. The van der Waals surface area contributed by atoms with E-state index in [0.29, 0.717) is 13.1 Å². The molecule has 3 rings (SSSR count). The normalized spacial score (nSPS) is 18.8. The third kappa shape index (κ3) is 6.20. The largest absolute Gasteiger partial charge is 0.469 e. The first-order valence-corrected chi connectivity index (χ1v) is 10.2. The van der Waals surface area contributed by atoms with Gasteiger partial charge in [0, 0.05) is 39.1 Å². The second kappa shape index (κ2) is 11.9. The molecule has 2 unspecified atom stereocenters. The monoisotopic (exact) mass is 525 g/mol. The molecule has 0 saturated carbocycles. The Hall–Kier alpha value is -2.10. The summed E-state index contributed by atoms with van der Waals surface area (Å²) in [6.07, 6.45) is 5.98. The van der Waals surface area contributed by atoms with Crippen molar-refractivity contribution in [3.8, 4) is 0 Å². The maximum atomic E-state index is 12.0. The maximum Gasteiger partial charge on any atom is 0.310 e. The molecule has 1 saturated heterocycles. The molecule has 1 N–H and O–H groups in total. The van der Waals surface area contributed by atoms with Crippen LogP contribution in [0.25, 0.3) is 0 Å². The van der Waals surface area contributed by atoms with Crippen molar-refractivity contribution in [1.29, 1.82) is 0 Å². The molecule has 164 valence electrons. The van der Waals surface area contributed by atoms with E-state index in [1.54, 1.807) is 7.05 Å². The van der Waals surface area contributed by atoms with E-state index in [0.717, 1.165) is 37.7 Å². The Kier molecular flexibility index (Phi) is 9.61. The number of esters is 1. The van der Waals surface area contributed by atoms with Crippen LogP contribution in [-0.2, 0) is 29.0 Å². The zero-order valence-corrected chi connectivity index (χ0v) is 20.3. The standard InChI is InChI=1S/C22H31N5O2.HI/c1-17-15-27(16-19(17)21(28)29-3)22(23-2)25-14-20-24-11-13-26(20)12-7-10-18-8-5-4-6-9-18;/h4-6,8-9,11,13,17,19H,7,10,12,14-16H2,1-3H3,(H,23,25);1H. The van der Waals surface area contributed by atoms with E-state index in [1.807, 2.05) is 18.5 Å². The average molecular weight is 525 g/mol. The molecule has 0 aliphatic carbocycles. The second-order valence-corrected chi connectivity index (χ2v) is 7.54. The molecule has 8 heteroatoms. The van der Waals surface area contributed by atoms with Crippen LogP contribution in [0.4, 0.5) is 0 Å². The van der Waals surface area contributed by atoms with Gasteiger partial charge in [0.15, 0.2) is 5.96 Å². The fraction of sp³-hybridized carbons (Fsp3) is 0.500. The van der Waals surface area contributed by atoms with Gasteiger partial charge >= 0.3 is 5.97 Å². The minimum absolute atomic E-state index is 0. The van der Waals surface area contributed by atoms with Gasteiger partial charge in [-0.15, -0.1) is 24.0 Å². The summed E-state index contributed by atoms with van der Waals surface area (Å²) in [6, 6.07) is 10.5. The number of carbonyl (C=O) groups excluding carboxylic acids is 1. The predicted octanol–water partition coefficient (Wildman–Crippen LogP) is 2.95. The van der Waals surface area contributed by atoms with Crippen LogP contribution in [0.2, 0.25) is 0 Å². The Balaban J connectivity index is 0.00000320. The lowest BCUT2D eigenvalue weighted by Gasteiger charge is -2.21. The van der Waals surface area contributed by atoms with Gasteiger partial charge in [-0.2, -0.15) is 0 Å². The van der Waals surface area contributed by atoms with E-state index in [-0.39, 0.29) is 41.8 Å². The lowest BCUT2D eigenvalue weighted by Crippen LogP contribution is -2.40. The molecule has 1 aliphatic heterocycles. The highest BCUT2D eigenvalue weighted by atomic mass is 127. The van der Waals surface area contributed by atoms with Crippen molar-refractivity contribution < 1.29 is 9.53 Å². The van der Waals surface area contributed by atoms with Gasteiger partial charge in [0.1, 0.15) is 5.82 Å². The van der Waals surface area contributed by atoms with E-state index in [9.17, 15) is 4.79 Å². The molecule has 30 heavy (non-hydrogen) atoms. The number of benzene rings is 1. The van der Waals surface area contributed by atoms with Gasteiger partial charge in [0.05, 0.1) is 19.6 Å². The first-order chi connectivity index (χ1) is 14.1. The van der Waals surface area contributed by atoms with Crippen molar-refractivity contribution in [3.63, 3.8) is 0 Å². The summed E-state index contributed by atoms with van der Waals surface area (Å²) in [5.74, 6) is 1.75. The van der Waals surface area contributed by atoms with Crippen LogP contribution in [0.5, 0.6) is 0 Å². The first kappa shape index (κ1) is 24.2. The number of aliphatic imine (C=N–C) groups is 1. The van der Waals surface area contributed by atoms with E-state index in [4.69, 9.17) is 4.74 Å². The Morgan fingerprint density at radius 2 is 2.07 bits per heavy atom. The van der Waals surface area contributed by atoms with E-state index in [2.05, 4.69) is 55.9 Å². The highest BCUT2D eigenvalue weighted by Gasteiger charge is 2.36. The fourth-order valence-corrected chi connectivity index (χ4v) is 3.90. The third-order valence-electron chi connectivity index (χ3n) is 5.54. The number of guanidine groups is 1. The highest BCUT2D eigenvalue weighted by molar-refractivity contribution is 14.0. The summed E-state index contributed by atoms with van der Waals surface area (Å²) in [5, 5.41) is 3.40. The number of halogens is 1. The van der Waals surface area contributed by atoms with Gasteiger partial charge in [-0.25, -0.2) is 4.98 Å². The molecule has 1 fully saturated rings. The zero-order valence-electron chi connectivity index (χ0n) is 18.0. The molecular formula is C22H32IN5O2. The van der Waals surface area contributed by atoms with E-state index < -0.39 is 0 Å². The zero-order chi connectivity index (χ0) is 20.6. The number of carbonyl (C=O) groups is 1. The fourth-order valence-electron chi connectivity index (χ4n) is 3.90. The molecule has 7 nitrogen and oxygen atoms in total. The molecule has 1 aromatic heterocycles. The number of methoxy groups -OCH3 is 1. The number of likely N-dealkylation sites (tertiary alicyclic amines) is 1. The van der Waals surface area contributed by atoms with Gasteiger partial charge in [0.2, 0.25) is 0 Å². The summed E-state index contributed by atoms with van der Waals surface area (Å²) < 4.78 is 7.12. The van der Waals surface area contributed by atoms with Gasteiger partial charge in [-0.05, 0) is 24.3 Å². The summed E-state index contributed by atoms with van der Waals surface area (Å²) in [5.41, 5.74) is 1.36. The van der Waals surface area contributed by atoms with Crippen LogP contribution < -0.4 is 5.32 Å². The topological polar surface area (TPSA) is 71.8 Å². The summed E-state index contributed by atoms with van der Waals surface area (Å²) >= 11 is 0. The van der Waals surface area contributed by atoms with Crippen LogP contribution in [0.1, 0.15) is 24.7 Å². The molecule has 0 bridgehead atoms.